The van der Waals surface area contributed by atoms with Crippen molar-refractivity contribution in [1.82, 2.24) is 4.98 Å². The number of aromatic nitrogens is 1. The fourth-order valence-corrected chi connectivity index (χ4v) is 5.74. The number of fused-ring (bicyclic) bond motifs is 1. The van der Waals surface area contributed by atoms with Crippen molar-refractivity contribution in [2.24, 2.45) is 0 Å². The lowest BCUT2D eigenvalue weighted by atomic mass is 9.86. The first-order valence-corrected chi connectivity index (χ1v) is 13.2. The molecule has 198 valence electrons. The minimum Gasteiger partial charge on any atom is -0.493 e. The zero-order chi connectivity index (χ0) is 26.6. The third-order valence-electron chi connectivity index (χ3n) is 6.58. The van der Waals surface area contributed by atoms with Crippen molar-refractivity contribution in [3.05, 3.63) is 69.2 Å². The Balaban J connectivity index is 1.44. The number of rotatable bonds is 10. The van der Waals surface area contributed by atoms with Crippen LogP contribution in [0.15, 0.2) is 36.4 Å². The van der Waals surface area contributed by atoms with E-state index in [1.54, 1.807) is 6.92 Å². The van der Waals surface area contributed by atoms with Crippen LogP contribution < -0.4 is 4.74 Å². The molecule has 4 rings (SSSR count). The van der Waals surface area contributed by atoms with Crippen LogP contribution in [0.25, 0.3) is 10.6 Å². The number of ether oxygens (including phenoxy) is 2. The Labute approximate surface area is 218 Å². The molecule has 37 heavy (non-hydrogen) atoms. The zero-order valence-corrected chi connectivity index (χ0v) is 21.7. The summed E-state index contributed by atoms with van der Waals surface area (Å²) in [6.07, 6.45) is -0.361. The molecule has 0 bridgehead atoms. The molecule has 0 saturated carbocycles. The number of benzene rings is 2. The van der Waals surface area contributed by atoms with E-state index in [0.29, 0.717) is 36.6 Å². The van der Waals surface area contributed by atoms with Gasteiger partial charge in [-0.2, -0.15) is 13.2 Å². The molecule has 1 aliphatic carbocycles. The van der Waals surface area contributed by atoms with Crippen molar-refractivity contribution in [1.29, 1.82) is 0 Å². The van der Waals surface area contributed by atoms with Crippen LogP contribution in [0.1, 0.15) is 52.6 Å². The van der Waals surface area contributed by atoms with Crippen molar-refractivity contribution in [3.8, 4) is 16.3 Å². The molecule has 3 aromatic rings. The SMILES string of the molecule is CCOC(Cc1ccc(OCCc2sc(-c3ccc(C(F)(F)F)cc3)nc2C)c2c1CCCC2)C(=O)O. The molecule has 1 aliphatic rings. The van der Waals surface area contributed by atoms with Gasteiger partial charge in [-0.1, -0.05) is 18.2 Å². The summed E-state index contributed by atoms with van der Waals surface area (Å²) in [5.74, 6) is -0.130. The van der Waals surface area contributed by atoms with Gasteiger partial charge in [-0.25, -0.2) is 9.78 Å². The molecule has 0 radical (unpaired) electrons. The Morgan fingerprint density at radius 3 is 2.46 bits per heavy atom. The molecule has 0 aliphatic heterocycles. The lowest BCUT2D eigenvalue weighted by molar-refractivity contribution is -0.150. The lowest BCUT2D eigenvalue weighted by Crippen LogP contribution is -2.27. The number of alkyl halides is 3. The summed E-state index contributed by atoms with van der Waals surface area (Å²) in [6, 6.07) is 8.95. The van der Waals surface area contributed by atoms with Gasteiger partial charge >= 0.3 is 12.1 Å². The summed E-state index contributed by atoms with van der Waals surface area (Å²) in [6.45, 7) is 4.48. The topological polar surface area (TPSA) is 68.7 Å². The molecular formula is C28H30F3NO4S. The highest BCUT2D eigenvalue weighted by Crippen LogP contribution is 2.35. The first kappa shape index (κ1) is 27.1. The van der Waals surface area contributed by atoms with E-state index in [1.807, 2.05) is 19.1 Å². The largest absolute Gasteiger partial charge is 0.493 e. The van der Waals surface area contributed by atoms with Crippen molar-refractivity contribution >= 4 is 17.3 Å². The molecule has 9 heteroatoms. The van der Waals surface area contributed by atoms with E-state index in [2.05, 4.69) is 4.98 Å². The molecule has 1 aromatic heterocycles. The van der Waals surface area contributed by atoms with Crippen molar-refractivity contribution < 1.29 is 32.5 Å². The third kappa shape index (κ3) is 6.51. The van der Waals surface area contributed by atoms with Gasteiger partial charge in [-0.3, -0.25) is 0 Å². The Bertz CT molecular complexity index is 1240. The molecule has 1 unspecified atom stereocenters. The summed E-state index contributed by atoms with van der Waals surface area (Å²) in [5, 5.41) is 10.2. The van der Waals surface area contributed by atoms with Gasteiger partial charge in [-0.05, 0) is 74.4 Å². The smallest absolute Gasteiger partial charge is 0.416 e. The zero-order valence-electron chi connectivity index (χ0n) is 20.9. The normalized spacial score (nSPS) is 14.3. The molecule has 0 spiro atoms. The minimum absolute atomic E-state index is 0.332. The highest BCUT2D eigenvalue weighted by molar-refractivity contribution is 7.15. The number of halogens is 3. The summed E-state index contributed by atoms with van der Waals surface area (Å²) < 4.78 is 50.2. The van der Waals surface area contributed by atoms with E-state index in [9.17, 15) is 23.1 Å². The predicted octanol–water partition coefficient (Wildman–Crippen LogP) is 6.67. The van der Waals surface area contributed by atoms with Gasteiger partial charge < -0.3 is 14.6 Å². The van der Waals surface area contributed by atoms with E-state index in [0.717, 1.165) is 65.3 Å². The van der Waals surface area contributed by atoms with Crippen LogP contribution >= 0.6 is 11.3 Å². The Morgan fingerprint density at radius 2 is 1.81 bits per heavy atom. The van der Waals surface area contributed by atoms with E-state index in [1.165, 1.54) is 29.0 Å². The quantitative estimate of drug-likeness (QED) is 0.315. The molecule has 1 heterocycles. The monoisotopic (exact) mass is 533 g/mol. The van der Waals surface area contributed by atoms with Gasteiger partial charge in [0.15, 0.2) is 6.10 Å². The molecule has 1 N–H and O–H groups in total. The van der Waals surface area contributed by atoms with Crippen LogP contribution in [-0.4, -0.2) is 35.4 Å². The Kier molecular flexibility index (Phi) is 8.54. The van der Waals surface area contributed by atoms with Crippen LogP contribution in [0.2, 0.25) is 0 Å². The van der Waals surface area contributed by atoms with Crippen molar-refractivity contribution in [2.45, 2.75) is 64.7 Å². The van der Waals surface area contributed by atoms with E-state index in [4.69, 9.17) is 9.47 Å². The first-order chi connectivity index (χ1) is 17.7. The van der Waals surface area contributed by atoms with E-state index < -0.39 is 23.8 Å². The Morgan fingerprint density at radius 1 is 1.11 bits per heavy atom. The number of hydrogen-bond donors (Lipinski definition) is 1. The Hall–Kier alpha value is -2.91. The summed E-state index contributed by atoms with van der Waals surface area (Å²) in [4.78, 5) is 17.2. The lowest BCUT2D eigenvalue weighted by Gasteiger charge is -2.24. The molecule has 1 atom stereocenters. The van der Waals surface area contributed by atoms with Gasteiger partial charge in [0, 0.05) is 29.9 Å². The van der Waals surface area contributed by atoms with Crippen LogP contribution in [0.5, 0.6) is 5.75 Å². The summed E-state index contributed by atoms with van der Waals surface area (Å²) >= 11 is 1.46. The first-order valence-electron chi connectivity index (χ1n) is 12.4. The number of hydrogen-bond acceptors (Lipinski definition) is 5. The van der Waals surface area contributed by atoms with E-state index in [-0.39, 0.29) is 0 Å². The van der Waals surface area contributed by atoms with Crippen LogP contribution in [0, 0.1) is 6.92 Å². The molecule has 0 saturated heterocycles. The maximum absolute atomic E-state index is 12.9. The summed E-state index contributed by atoms with van der Waals surface area (Å²) in [5.41, 5.74) is 4.15. The molecular weight excluding hydrogens is 503 g/mol. The van der Waals surface area contributed by atoms with Gasteiger partial charge in [0.1, 0.15) is 10.8 Å². The number of carboxylic acids is 1. The fourth-order valence-electron chi connectivity index (χ4n) is 4.69. The van der Waals surface area contributed by atoms with Crippen LogP contribution in [0.3, 0.4) is 0 Å². The average Bonchev–Trinajstić information content (AvgIpc) is 3.24. The van der Waals surface area contributed by atoms with E-state index >= 15 is 0 Å². The highest BCUT2D eigenvalue weighted by atomic mass is 32.1. The van der Waals surface area contributed by atoms with Gasteiger partial charge in [0.2, 0.25) is 0 Å². The van der Waals surface area contributed by atoms with Crippen LogP contribution in [-0.2, 0) is 41.4 Å². The van der Waals surface area contributed by atoms with Gasteiger partial charge in [-0.15, -0.1) is 11.3 Å². The summed E-state index contributed by atoms with van der Waals surface area (Å²) in [7, 11) is 0. The molecule has 2 aromatic carbocycles. The second kappa shape index (κ2) is 11.6. The number of carboxylic acid groups (broad SMARTS) is 1. The fraction of sp³-hybridized carbons (Fsp3) is 0.429. The van der Waals surface area contributed by atoms with Crippen molar-refractivity contribution in [3.63, 3.8) is 0 Å². The minimum atomic E-state index is -4.36. The van der Waals surface area contributed by atoms with Gasteiger partial charge in [0.05, 0.1) is 17.9 Å². The second-order valence-corrected chi connectivity index (χ2v) is 10.2. The number of carbonyl (C=O) groups is 1. The number of thiazole rings is 1. The second-order valence-electron chi connectivity index (χ2n) is 9.07. The molecule has 5 nitrogen and oxygen atoms in total. The van der Waals surface area contributed by atoms with Crippen molar-refractivity contribution in [2.75, 3.05) is 13.2 Å². The highest BCUT2D eigenvalue weighted by Gasteiger charge is 2.30. The number of aliphatic carboxylic acids is 1. The van der Waals surface area contributed by atoms with Gasteiger partial charge in [0.25, 0.3) is 0 Å². The number of aryl methyl sites for hydroxylation is 1. The maximum atomic E-state index is 12.9. The standard InChI is InChI=1S/C28H30F3NO4S/c1-3-35-24(27(33)34)16-19-10-13-23(22-7-5-4-6-21(19)22)36-15-14-25-17(2)32-26(37-25)18-8-11-20(12-9-18)28(29,30)31/h8-13,24H,3-7,14-16H2,1-2H3,(H,33,34). The molecule has 0 fully saturated rings. The van der Waals surface area contributed by atoms with Crippen LogP contribution in [0.4, 0.5) is 13.2 Å². The third-order valence-corrected chi connectivity index (χ3v) is 7.84. The number of nitrogens with zero attached hydrogens (tertiary/aromatic N) is 1. The predicted molar refractivity (Wildman–Crippen MR) is 136 cm³/mol. The average molecular weight is 534 g/mol. The maximum Gasteiger partial charge on any atom is 0.416 e. The molecule has 0 amide bonds.